The van der Waals surface area contributed by atoms with Crippen LogP contribution in [-0.4, -0.2) is 34.5 Å². The summed E-state index contributed by atoms with van der Waals surface area (Å²) in [6.07, 6.45) is 1.49. The van der Waals surface area contributed by atoms with Crippen molar-refractivity contribution >= 4 is 11.0 Å². The van der Waals surface area contributed by atoms with Gasteiger partial charge in [-0.3, -0.25) is 4.90 Å². The zero-order valence-corrected chi connectivity index (χ0v) is 12.4. The van der Waals surface area contributed by atoms with E-state index < -0.39 is 0 Å². The molecule has 0 bridgehead atoms. The van der Waals surface area contributed by atoms with Gasteiger partial charge in [0.1, 0.15) is 12.0 Å². The van der Waals surface area contributed by atoms with Crippen molar-refractivity contribution in [1.82, 2.24) is 10.1 Å². The molecule has 0 saturated carbocycles. The lowest BCUT2D eigenvalue weighted by atomic mass is 9.91. The lowest BCUT2D eigenvalue weighted by Crippen LogP contribution is -2.43. The highest BCUT2D eigenvalue weighted by Crippen LogP contribution is 2.33. The van der Waals surface area contributed by atoms with E-state index in [4.69, 9.17) is 4.52 Å². The van der Waals surface area contributed by atoms with Gasteiger partial charge in [0.05, 0.1) is 5.69 Å². The van der Waals surface area contributed by atoms with Crippen LogP contribution in [0.25, 0.3) is 11.0 Å². The Morgan fingerprint density at radius 2 is 2.05 bits per heavy atom. The highest BCUT2D eigenvalue weighted by atomic mass is 19.1. The van der Waals surface area contributed by atoms with E-state index in [9.17, 15) is 9.50 Å². The molecule has 1 N–H and O–H groups in total. The Kier molecular flexibility index (Phi) is 3.95. The molecule has 1 aromatic carbocycles. The normalized spacial score (nSPS) is 19.5. The van der Waals surface area contributed by atoms with E-state index in [2.05, 4.69) is 10.1 Å². The number of rotatable bonds is 3. The summed E-state index contributed by atoms with van der Waals surface area (Å²) in [5, 5.41) is 15.2. The average Bonchev–Trinajstić information content (AvgIpc) is 2.89. The van der Waals surface area contributed by atoms with Gasteiger partial charge in [0, 0.05) is 30.5 Å². The van der Waals surface area contributed by atoms with Gasteiger partial charge in [-0.05, 0) is 30.9 Å². The summed E-state index contributed by atoms with van der Waals surface area (Å²) in [4.78, 5) is 2.11. The van der Waals surface area contributed by atoms with Gasteiger partial charge >= 0.3 is 0 Å². The molecule has 1 aliphatic rings. The maximum absolute atomic E-state index is 13.2. The first-order valence-corrected chi connectivity index (χ1v) is 7.53. The second-order valence-corrected chi connectivity index (χ2v) is 6.18. The molecule has 0 spiro atoms. The van der Waals surface area contributed by atoms with Crippen LogP contribution in [-0.2, 0) is 0 Å². The van der Waals surface area contributed by atoms with Gasteiger partial charge in [0.15, 0.2) is 5.58 Å². The zero-order chi connectivity index (χ0) is 15.0. The molecule has 1 atom stereocenters. The molecule has 2 heterocycles. The van der Waals surface area contributed by atoms with Crippen molar-refractivity contribution in [2.24, 2.45) is 5.92 Å². The van der Waals surface area contributed by atoms with Gasteiger partial charge < -0.3 is 9.63 Å². The highest BCUT2D eigenvalue weighted by Gasteiger charge is 2.28. The van der Waals surface area contributed by atoms with Gasteiger partial charge in [0.25, 0.3) is 0 Å². The first-order valence-electron chi connectivity index (χ1n) is 7.53. The third-order valence-corrected chi connectivity index (χ3v) is 4.35. The van der Waals surface area contributed by atoms with Gasteiger partial charge in [-0.15, -0.1) is 0 Å². The van der Waals surface area contributed by atoms with E-state index in [0.717, 1.165) is 37.0 Å². The molecule has 1 unspecified atom stereocenters. The van der Waals surface area contributed by atoms with Crippen molar-refractivity contribution in [3.63, 3.8) is 0 Å². The predicted octanol–water partition coefficient (Wildman–Crippen LogP) is 3.12. The minimum Gasteiger partial charge on any atom is -0.378 e. The minimum absolute atomic E-state index is 0.234. The molecule has 21 heavy (non-hydrogen) atoms. The van der Waals surface area contributed by atoms with Crippen LogP contribution in [0.15, 0.2) is 22.7 Å². The number of nitrogens with zero attached hydrogens (tertiary/aromatic N) is 2. The standard InChI is InChI=1S/C16H21FN2O2/c1-10(2)16(20)19-7-5-11(6-8-19)15-13-4-3-12(17)9-14(13)21-18-15/h3-4,9-11,16,20H,5-8H2,1-2H3. The van der Waals surface area contributed by atoms with Crippen molar-refractivity contribution in [1.29, 1.82) is 0 Å². The average molecular weight is 292 g/mol. The van der Waals surface area contributed by atoms with Crippen LogP contribution in [0, 0.1) is 11.7 Å². The summed E-state index contributed by atoms with van der Waals surface area (Å²) >= 11 is 0. The highest BCUT2D eigenvalue weighted by molar-refractivity contribution is 5.79. The number of aromatic nitrogens is 1. The van der Waals surface area contributed by atoms with Crippen molar-refractivity contribution in [3.05, 3.63) is 29.7 Å². The quantitative estimate of drug-likeness (QED) is 0.944. The topological polar surface area (TPSA) is 49.5 Å². The van der Waals surface area contributed by atoms with E-state index in [1.54, 1.807) is 6.07 Å². The molecular weight excluding hydrogens is 271 g/mol. The van der Waals surface area contributed by atoms with E-state index in [0.29, 0.717) is 11.5 Å². The van der Waals surface area contributed by atoms with E-state index in [1.165, 1.54) is 12.1 Å². The fraction of sp³-hybridized carbons (Fsp3) is 0.562. The molecule has 2 aromatic rings. The number of aliphatic hydroxyl groups excluding tert-OH is 1. The second kappa shape index (κ2) is 5.73. The fourth-order valence-electron chi connectivity index (χ4n) is 3.08. The molecule has 114 valence electrons. The number of halogens is 1. The van der Waals surface area contributed by atoms with Crippen molar-refractivity contribution in [3.8, 4) is 0 Å². The van der Waals surface area contributed by atoms with Crippen molar-refractivity contribution < 1.29 is 14.0 Å². The zero-order valence-electron chi connectivity index (χ0n) is 12.4. The van der Waals surface area contributed by atoms with Crippen LogP contribution in [0.3, 0.4) is 0 Å². The Bertz CT molecular complexity index is 618. The Morgan fingerprint density at radius 3 is 2.71 bits per heavy atom. The van der Waals surface area contributed by atoms with Gasteiger partial charge in [-0.2, -0.15) is 0 Å². The predicted molar refractivity (Wildman–Crippen MR) is 78.4 cm³/mol. The number of hydrogen-bond donors (Lipinski definition) is 1. The molecule has 5 heteroatoms. The first kappa shape index (κ1) is 14.5. The molecule has 1 fully saturated rings. The summed E-state index contributed by atoms with van der Waals surface area (Å²) in [6, 6.07) is 4.57. The number of benzene rings is 1. The molecule has 1 aromatic heterocycles. The smallest absolute Gasteiger partial charge is 0.170 e. The SMILES string of the molecule is CC(C)C(O)N1CCC(c2noc3cc(F)ccc23)CC1. The Labute approximate surface area is 123 Å². The van der Waals surface area contributed by atoms with Crippen molar-refractivity contribution in [2.75, 3.05) is 13.1 Å². The van der Waals surface area contributed by atoms with Crippen LogP contribution in [0.1, 0.15) is 38.3 Å². The first-order chi connectivity index (χ1) is 10.1. The van der Waals surface area contributed by atoms with Gasteiger partial charge in [0.2, 0.25) is 0 Å². The number of likely N-dealkylation sites (tertiary alicyclic amines) is 1. The van der Waals surface area contributed by atoms with Crippen LogP contribution in [0.4, 0.5) is 4.39 Å². The Balaban J connectivity index is 1.74. The van der Waals surface area contributed by atoms with E-state index >= 15 is 0 Å². The lowest BCUT2D eigenvalue weighted by Gasteiger charge is -2.36. The lowest BCUT2D eigenvalue weighted by molar-refractivity contribution is -0.0419. The number of piperidine rings is 1. The largest absolute Gasteiger partial charge is 0.378 e. The summed E-state index contributed by atoms with van der Waals surface area (Å²) < 4.78 is 18.4. The number of hydrogen-bond acceptors (Lipinski definition) is 4. The molecule has 0 amide bonds. The molecule has 4 nitrogen and oxygen atoms in total. The number of fused-ring (bicyclic) bond motifs is 1. The van der Waals surface area contributed by atoms with Crippen LogP contribution in [0.2, 0.25) is 0 Å². The molecular formula is C16H21FN2O2. The summed E-state index contributed by atoms with van der Waals surface area (Å²) in [6.45, 7) is 5.74. The molecule has 3 rings (SSSR count). The van der Waals surface area contributed by atoms with E-state index in [1.807, 2.05) is 13.8 Å². The third-order valence-electron chi connectivity index (χ3n) is 4.35. The number of aliphatic hydroxyl groups is 1. The molecule has 1 aliphatic heterocycles. The Hall–Kier alpha value is -1.46. The van der Waals surface area contributed by atoms with Crippen molar-refractivity contribution in [2.45, 2.75) is 38.8 Å². The van der Waals surface area contributed by atoms with Crippen LogP contribution >= 0.6 is 0 Å². The third kappa shape index (κ3) is 2.80. The summed E-state index contributed by atoms with van der Waals surface area (Å²) in [5.41, 5.74) is 1.43. The second-order valence-electron chi connectivity index (χ2n) is 6.18. The van der Waals surface area contributed by atoms with Gasteiger partial charge in [-0.25, -0.2) is 4.39 Å². The molecule has 0 aliphatic carbocycles. The summed E-state index contributed by atoms with van der Waals surface area (Å²) in [5.74, 6) is 0.241. The molecule has 0 radical (unpaired) electrons. The maximum atomic E-state index is 13.2. The Morgan fingerprint density at radius 1 is 1.33 bits per heavy atom. The van der Waals surface area contributed by atoms with Crippen LogP contribution in [0.5, 0.6) is 0 Å². The summed E-state index contributed by atoms with van der Waals surface area (Å²) in [7, 11) is 0. The van der Waals surface area contributed by atoms with Gasteiger partial charge in [-0.1, -0.05) is 19.0 Å². The maximum Gasteiger partial charge on any atom is 0.170 e. The van der Waals surface area contributed by atoms with Crippen LogP contribution < -0.4 is 0 Å². The minimum atomic E-state index is -0.380. The molecule has 1 saturated heterocycles. The van der Waals surface area contributed by atoms with E-state index in [-0.39, 0.29) is 18.0 Å². The fourth-order valence-corrected chi connectivity index (χ4v) is 3.08. The monoisotopic (exact) mass is 292 g/mol.